The van der Waals surface area contributed by atoms with Gasteiger partial charge in [0.25, 0.3) is 11.8 Å². The lowest BCUT2D eigenvalue weighted by Crippen LogP contribution is -2.36. The smallest absolute Gasteiger partial charge is 0.254 e. The third kappa shape index (κ3) is 6.75. The number of nitrogens with one attached hydrogen (secondary N) is 1. The van der Waals surface area contributed by atoms with E-state index in [0.717, 1.165) is 41.1 Å². The van der Waals surface area contributed by atoms with Crippen LogP contribution in [0.25, 0.3) is 0 Å². The van der Waals surface area contributed by atoms with Gasteiger partial charge in [0, 0.05) is 11.4 Å². The Kier molecular flexibility index (Phi) is 8.40. The van der Waals surface area contributed by atoms with Gasteiger partial charge in [-0.2, -0.15) is 10.1 Å². The molecule has 0 saturated carbocycles. The highest BCUT2D eigenvalue weighted by atomic mass is 16.2. The Labute approximate surface area is 212 Å². The van der Waals surface area contributed by atoms with Gasteiger partial charge in [-0.3, -0.25) is 14.4 Å². The second kappa shape index (κ2) is 12.1. The number of hydrogen-bond acceptors (Lipinski definition) is 4. The van der Waals surface area contributed by atoms with E-state index in [4.69, 9.17) is 0 Å². The lowest BCUT2D eigenvalue weighted by molar-refractivity contribution is -0.144. The number of hydrazone groups is 1. The maximum absolute atomic E-state index is 13.1. The quantitative estimate of drug-likeness (QED) is 0.359. The predicted octanol–water partition coefficient (Wildman–Crippen LogP) is 5.11. The first-order chi connectivity index (χ1) is 17.5. The number of hydrogen-bond donors (Lipinski definition) is 1. The molecule has 1 aliphatic rings. The predicted molar refractivity (Wildman–Crippen MR) is 142 cm³/mol. The van der Waals surface area contributed by atoms with E-state index in [1.54, 1.807) is 6.92 Å². The number of imide groups is 1. The number of carbonyl (C=O) groups is 3. The Morgan fingerprint density at radius 2 is 1.36 bits per heavy atom. The Bertz CT molecular complexity index is 1200. The monoisotopic (exact) mass is 481 g/mol. The van der Waals surface area contributed by atoms with Crippen LogP contribution >= 0.6 is 0 Å². The molecular weight excluding hydrogens is 450 g/mol. The summed E-state index contributed by atoms with van der Waals surface area (Å²) in [5.41, 5.74) is 5.29. The van der Waals surface area contributed by atoms with E-state index in [2.05, 4.69) is 16.5 Å². The summed E-state index contributed by atoms with van der Waals surface area (Å²) >= 11 is 0. The van der Waals surface area contributed by atoms with Crippen LogP contribution in [0.5, 0.6) is 0 Å². The molecule has 3 aromatic carbocycles. The van der Waals surface area contributed by atoms with Gasteiger partial charge in [-0.25, -0.2) is 0 Å². The topological polar surface area (TPSA) is 78.8 Å². The summed E-state index contributed by atoms with van der Waals surface area (Å²) in [5, 5.41) is 8.26. The molecule has 0 radical (unpaired) electrons. The summed E-state index contributed by atoms with van der Waals surface area (Å²) in [6.07, 6.45) is 4.33. The van der Waals surface area contributed by atoms with Crippen molar-refractivity contribution >= 4 is 29.1 Å². The molecule has 1 N–H and O–H groups in total. The number of nitrogens with zero attached hydrogens (tertiary/aromatic N) is 2. The summed E-state index contributed by atoms with van der Waals surface area (Å²) in [6.45, 7) is 1.67. The normalized spacial score (nSPS) is 13.0. The molecule has 0 aliphatic heterocycles. The van der Waals surface area contributed by atoms with Crippen LogP contribution in [0.2, 0.25) is 0 Å². The molecule has 0 unspecified atom stereocenters. The zero-order chi connectivity index (χ0) is 25.3. The number of carbonyl (C=O) groups excluding carboxylic acids is 3. The Hall–Kier alpha value is -4.06. The molecule has 0 atom stereocenters. The van der Waals surface area contributed by atoms with E-state index in [-0.39, 0.29) is 25.2 Å². The van der Waals surface area contributed by atoms with Crippen LogP contribution in [0, 0.1) is 0 Å². The Balaban J connectivity index is 1.48. The van der Waals surface area contributed by atoms with Crippen molar-refractivity contribution in [2.75, 3.05) is 5.32 Å². The summed E-state index contributed by atoms with van der Waals surface area (Å²) in [4.78, 5) is 39.1. The fourth-order valence-corrected chi connectivity index (χ4v) is 4.47. The lowest BCUT2D eigenvalue weighted by Gasteiger charge is -2.20. The second-order valence-corrected chi connectivity index (χ2v) is 9.13. The number of amides is 3. The summed E-state index contributed by atoms with van der Waals surface area (Å²) < 4.78 is 0. The first kappa shape index (κ1) is 25.0. The molecule has 0 saturated heterocycles. The molecule has 0 aromatic heterocycles. The van der Waals surface area contributed by atoms with Gasteiger partial charge < -0.3 is 5.32 Å². The Morgan fingerprint density at radius 3 is 1.97 bits per heavy atom. The van der Waals surface area contributed by atoms with Crippen LogP contribution in [0.15, 0.2) is 84.0 Å². The molecule has 3 amide bonds. The summed E-state index contributed by atoms with van der Waals surface area (Å²) in [6, 6.07) is 24.5. The third-order valence-electron chi connectivity index (χ3n) is 6.23. The van der Waals surface area contributed by atoms with Gasteiger partial charge in [-0.05, 0) is 60.9 Å². The maximum atomic E-state index is 13.1. The average molecular weight is 482 g/mol. The fraction of sp³-hybridized carbons (Fsp3) is 0.267. The highest BCUT2D eigenvalue weighted by Crippen LogP contribution is 2.28. The molecule has 0 spiro atoms. The molecule has 4 rings (SSSR count). The number of fused-ring (bicyclic) bond motifs is 1. The first-order valence-electron chi connectivity index (χ1n) is 12.4. The molecule has 36 heavy (non-hydrogen) atoms. The van der Waals surface area contributed by atoms with Crippen molar-refractivity contribution in [1.82, 2.24) is 5.01 Å². The summed E-state index contributed by atoms with van der Waals surface area (Å²) in [7, 11) is 0. The van der Waals surface area contributed by atoms with Crippen LogP contribution < -0.4 is 5.32 Å². The lowest BCUT2D eigenvalue weighted by atomic mass is 9.90. The van der Waals surface area contributed by atoms with Gasteiger partial charge in [-0.1, -0.05) is 72.8 Å². The number of rotatable bonds is 8. The molecular formula is C30H31N3O3. The molecule has 184 valence electrons. The number of anilines is 1. The van der Waals surface area contributed by atoms with Gasteiger partial charge in [-0.15, -0.1) is 0 Å². The van der Waals surface area contributed by atoms with Crippen LogP contribution in [-0.4, -0.2) is 28.4 Å². The summed E-state index contributed by atoms with van der Waals surface area (Å²) in [5.74, 6) is -1.08. The van der Waals surface area contributed by atoms with Crippen molar-refractivity contribution in [3.05, 3.63) is 101 Å². The van der Waals surface area contributed by atoms with E-state index in [1.165, 1.54) is 17.5 Å². The van der Waals surface area contributed by atoms with Crippen LogP contribution in [0.3, 0.4) is 0 Å². The molecule has 3 aromatic rings. The van der Waals surface area contributed by atoms with Crippen LogP contribution in [0.4, 0.5) is 5.69 Å². The highest BCUT2D eigenvalue weighted by Gasteiger charge is 2.23. The van der Waals surface area contributed by atoms with Crippen molar-refractivity contribution in [2.24, 2.45) is 5.10 Å². The molecule has 0 heterocycles. The van der Waals surface area contributed by atoms with Gasteiger partial charge in [0.15, 0.2) is 0 Å². The van der Waals surface area contributed by atoms with Gasteiger partial charge in [0.05, 0.1) is 19.3 Å². The van der Waals surface area contributed by atoms with Crippen LogP contribution in [0.1, 0.15) is 48.4 Å². The van der Waals surface area contributed by atoms with Crippen molar-refractivity contribution in [3.8, 4) is 0 Å². The molecule has 6 heteroatoms. The van der Waals surface area contributed by atoms with E-state index < -0.39 is 11.8 Å². The van der Waals surface area contributed by atoms with E-state index in [1.807, 2.05) is 72.8 Å². The van der Waals surface area contributed by atoms with Crippen molar-refractivity contribution in [3.63, 3.8) is 0 Å². The minimum absolute atomic E-state index is 0.0165. The largest absolute Gasteiger partial charge is 0.325 e. The van der Waals surface area contributed by atoms with Crippen molar-refractivity contribution in [1.29, 1.82) is 0 Å². The van der Waals surface area contributed by atoms with E-state index >= 15 is 0 Å². The minimum atomic E-state index is -0.431. The molecule has 0 fully saturated rings. The first-order valence-corrected chi connectivity index (χ1v) is 12.4. The third-order valence-corrected chi connectivity index (χ3v) is 6.23. The van der Waals surface area contributed by atoms with Crippen LogP contribution in [-0.2, 0) is 40.1 Å². The highest BCUT2D eigenvalue weighted by molar-refractivity contribution is 6.07. The minimum Gasteiger partial charge on any atom is -0.325 e. The van der Waals surface area contributed by atoms with Gasteiger partial charge in [0.2, 0.25) is 5.91 Å². The zero-order valence-electron chi connectivity index (χ0n) is 20.6. The van der Waals surface area contributed by atoms with E-state index in [0.29, 0.717) is 5.71 Å². The average Bonchev–Trinajstić information content (AvgIpc) is 2.88. The van der Waals surface area contributed by atoms with Gasteiger partial charge in [0.1, 0.15) is 0 Å². The maximum Gasteiger partial charge on any atom is 0.254 e. The zero-order valence-corrected chi connectivity index (χ0v) is 20.6. The van der Waals surface area contributed by atoms with Crippen molar-refractivity contribution in [2.45, 2.75) is 51.9 Å². The molecule has 0 bridgehead atoms. The standard InChI is InChI=1S/C30H31N3O3/c1-22(19-28(34)31-27-18-10-16-25-15-8-9-17-26(25)27)32-33(29(35)20-23-11-4-2-5-12-23)30(36)21-24-13-6-3-7-14-24/h2-7,10-14,16,18H,8-9,15,17,19-21H2,1H3,(H,31,34)/b32-22+. The fourth-order valence-electron chi connectivity index (χ4n) is 4.47. The molecule has 6 nitrogen and oxygen atoms in total. The molecule has 1 aliphatic carbocycles. The van der Waals surface area contributed by atoms with E-state index in [9.17, 15) is 14.4 Å². The number of aryl methyl sites for hydroxylation is 1. The Morgan fingerprint density at radius 1 is 0.778 bits per heavy atom. The number of benzene rings is 3. The SMILES string of the molecule is C/C(CC(=O)Nc1cccc2c1CCCC2)=N\N(C(=O)Cc1ccccc1)C(=O)Cc1ccccc1. The van der Waals surface area contributed by atoms with Crippen molar-refractivity contribution < 1.29 is 14.4 Å². The van der Waals surface area contributed by atoms with Gasteiger partial charge >= 0.3 is 0 Å². The second-order valence-electron chi connectivity index (χ2n) is 9.13.